The highest BCUT2D eigenvalue weighted by Crippen LogP contribution is 2.34. The van der Waals surface area contributed by atoms with Crippen molar-refractivity contribution in [1.29, 1.82) is 0 Å². The summed E-state index contributed by atoms with van der Waals surface area (Å²) in [6.07, 6.45) is 11.3. The second-order valence-electron chi connectivity index (χ2n) is 7.63. The molecular weight excluding hydrogens is 342 g/mol. The monoisotopic (exact) mass is 373 g/mol. The van der Waals surface area contributed by atoms with Crippen molar-refractivity contribution in [2.75, 3.05) is 33.9 Å². The van der Waals surface area contributed by atoms with Crippen molar-refractivity contribution in [3.8, 4) is 23.8 Å². The van der Waals surface area contributed by atoms with Crippen molar-refractivity contribution in [3.63, 3.8) is 0 Å². The second kappa shape index (κ2) is 8.97. The molecule has 27 heavy (non-hydrogen) atoms. The molecule has 1 aromatic carbocycles. The van der Waals surface area contributed by atoms with E-state index in [1.54, 1.807) is 14.2 Å². The average Bonchev–Trinajstić information content (AvgIpc) is 2.71. The number of benzene rings is 1. The fourth-order valence-electron chi connectivity index (χ4n) is 4.16. The van der Waals surface area contributed by atoms with Gasteiger partial charge < -0.3 is 19.3 Å². The number of methoxy groups -OCH3 is 2. The van der Waals surface area contributed by atoms with Crippen LogP contribution >= 0.6 is 0 Å². The lowest BCUT2D eigenvalue weighted by Crippen LogP contribution is -2.41. The quantitative estimate of drug-likeness (QED) is 0.745. The molecule has 0 saturated heterocycles. The molecule has 0 unspecified atom stereocenters. The lowest BCUT2D eigenvalue weighted by molar-refractivity contribution is -0.0703. The smallest absolute Gasteiger partial charge is 0.161 e. The van der Waals surface area contributed by atoms with E-state index in [1.807, 2.05) is 6.07 Å². The van der Waals surface area contributed by atoms with Crippen molar-refractivity contribution in [1.82, 2.24) is 4.90 Å². The molecule has 1 N–H and O–H groups in total. The maximum Gasteiger partial charge on any atom is 0.161 e. The first-order chi connectivity index (χ1) is 13.1. The minimum Gasteiger partial charge on any atom is -0.493 e. The van der Waals surface area contributed by atoms with Crippen LogP contribution in [0.1, 0.15) is 43.2 Å². The summed E-state index contributed by atoms with van der Waals surface area (Å²) in [6.45, 7) is 2.56. The summed E-state index contributed by atoms with van der Waals surface area (Å²) in [5, 5.41) is 10.5. The molecule has 3 rings (SSSR count). The van der Waals surface area contributed by atoms with Crippen molar-refractivity contribution >= 4 is 0 Å². The number of terminal acetylenes is 1. The lowest BCUT2D eigenvalue weighted by atomic mass is 9.85. The number of rotatable bonds is 7. The number of hydrogen-bond acceptors (Lipinski definition) is 5. The Morgan fingerprint density at radius 3 is 2.44 bits per heavy atom. The maximum absolute atomic E-state index is 10.5. The lowest BCUT2D eigenvalue weighted by Gasteiger charge is -2.35. The van der Waals surface area contributed by atoms with E-state index in [-0.39, 0.29) is 0 Å². The molecule has 1 aromatic rings. The molecule has 0 spiro atoms. The van der Waals surface area contributed by atoms with E-state index >= 15 is 0 Å². The van der Waals surface area contributed by atoms with Crippen LogP contribution in [-0.2, 0) is 17.7 Å². The van der Waals surface area contributed by atoms with Gasteiger partial charge in [-0.3, -0.25) is 4.90 Å². The Bertz CT molecular complexity index is 676. The van der Waals surface area contributed by atoms with Crippen molar-refractivity contribution in [3.05, 3.63) is 23.3 Å². The third kappa shape index (κ3) is 4.76. The molecule has 1 saturated carbocycles. The minimum atomic E-state index is -0.543. The topological polar surface area (TPSA) is 51.2 Å². The average molecular weight is 373 g/mol. The maximum atomic E-state index is 10.5. The first kappa shape index (κ1) is 20.0. The summed E-state index contributed by atoms with van der Waals surface area (Å²) in [4.78, 5) is 2.26. The number of hydrogen-bond donors (Lipinski definition) is 1. The number of β-amino-alcohol motifs (C(OH)–C–C–N with tert-alkyl or cyclic N) is 1. The zero-order valence-electron chi connectivity index (χ0n) is 16.5. The zero-order valence-corrected chi connectivity index (χ0v) is 16.5. The van der Waals surface area contributed by atoms with E-state index in [0.29, 0.717) is 13.2 Å². The van der Waals surface area contributed by atoms with Gasteiger partial charge in [0.25, 0.3) is 0 Å². The van der Waals surface area contributed by atoms with Crippen LogP contribution in [0.2, 0.25) is 0 Å². The molecule has 1 heterocycles. The molecule has 5 nitrogen and oxygen atoms in total. The van der Waals surface area contributed by atoms with Crippen LogP contribution in [0.3, 0.4) is 0 Å². The molecular formula is C22H31NO4. The van der Waals surface area contributed by atoms with E-state index in [0.717, 1.165) is 56.7 Å². The highest BCUT2D eigenvalue weighted by molar-refractivity contribution is 5.48. The van der Waals surface area contributed by atoms with Crippen LogP contribution in [0.25, 0.3) is 0 Å². The largest absolute Gasteiger partial charge is 0.493 e. The predicted molar refractivity (Wildman–Crippen MR) is 105 cm³/mol. The van der Waals surface area contributed by atoms with Crippen molar-refractivity contribution in [2.45, 2.75) is 56.8 Å². The molecule has 0 bridgehead atoms. The van der Waals surface area contributed by atoms with Crippen LogP contribution in [0.4, 0.5) is 0 Å². The number of nitrogens with zero attached hydrogens (tertiary/aromatic N) is 1. The molecule has 0 aromatic heterocycles. The molecule has 148 valence electrons. The highest BCUT2D eigenvalue weighted by atomic mass is 16.5. The summed E-state index contributed by atoms with van der Waals surface area (Å²) in [7, 11) is 3.31. The van der Waals surface area contributed by atoms with E-state index < -0.39 is 11.7 Å². The van der Waals surface area contributed by atoms with Gasteiger partial charge in [-0.2, -0.15) is 0 Å². The Labute approximate surface area is 162 Å². The van der Waals surface area contributed by atoms with Gasteiger partial charge in [0.05, 0.1) is 26.9 Å². The zero-order chi connectivity index (χ0) is 19.3. The number of aliphatic hydroxyl groups excluding tert-OH is 1. The molecule has 0 amide bonds. The van der Waals surface area contributed by atoms with Gasteiger partial charge in [0.2, 0.25) is 0 Å². The Kier molecular flexibility index (Phi) is 6.64. The second-order valence-corrected chi connectivity index (χ2v) is 7.63. The summed E-state index contributed by atoms with van der Waals surface area (Å²) in [5.74, 6) is 4.35. The van der Waals surface area contributed by atoms with Gasteiger partial charge in [0.1, 0.15) is 5.60 Å². The number of ether oxygens (including phenoxy) is 3. The molecule has 1 aliphatic heterocycles. The van der Waals surface area contributed by atoms with Crippen LogP contribution in [-0.4, -0.2) is 55.6 Å². The third-order valence-electron chi connectivity index (χ3n) is 5.74. The van der Waals surface area contributed by atoms with Gasteiger partial charge in [0, 0.05) is 19.6 Å². The Morgan fingerprint density at radius 1 is 1.15 bits per heavy atom. The fourth-order valence-corrected chi connectivity index (χ4v) is 4.16. The van der Waals surface area contributed by atoms with Crippen LogP contribution in [0.15, 0.2) is 12.1 Å². The number of fused-ring (bicyclic) bond motifs is 1. The number of aliphatic hydroxyl groups is 1. The van der Waals surface area contributed by atoms with E-state index in [1.165, 1.54) is 17.5 Å². The molecule has 0 radical (unpaired) electrons. The third-order valence-corrected chi connectivity index (χ3v) is 5.74. The van der Waals surface area contributed by atoms with E-state index in [2.05, 4.69) is 16.9 Å². The van der Waals surface area contributed by atoms with E-state index in [9.17, 15) is 5.11 Å². The van der Waals surface area contributed by atoms with Gasteiger partial charge in [-0.05, 0) is 55.4 Å². The first-order valence-corrected chi connectivity index (χ1v) is 9.85. The van der Waals surface area contributed by atoms with Gasteiger partial charge in [-0.1, -0.05) is 12.3 Å². The molecule has 5 heteroatoms. The molecule has 1 atom stereocenters. The van der Waals surface area contributed by atoms with Gasteiger partial charge in [-0.25, -0.2) is 0 Å². The highest BCUT2D eigenvalue weighted by Gasteiger charge is 2.31. The Hall–Kier alpha value is -1.74. The van der Waals surface area contributed by atoms with Gasteiger partial charge in [0.15, 0.2) is 11.5 Å². The predicted octanol–water partition coefficient (Wildman–Crippen LogP) is 2.78. The Balaban J connectivity index is 1.55. The molecule has 1 fully saturated rings. The minimum absolute atomic E-state index is 0.291. The summed E-state index contributed by atoms with van der Waals surface area (Å²) < 4.78 is 16.8. The standard InChI is InChI=1S/C22H31NO4/c1-4-22(9-6-5-7-10-22)27-16-19(24)15-23-11-8-17-12-20(25-2)21(26-3)13-18(17)14-23/h1,12-13,19,24H,5-11,14-16H2,2-3H3/t19-/m1/s1. The van der Waals surface area contributed by atoms with Gasteiger partial charge in [-0.15, -0.1) is 6.42 Å². The van der Waals surface area contributed by atoms with Crippen LogP contribution in [0, 0.1) is 12.3 Å². The SMILES string of the molecule is C#CC1(OC[C@H](O)CN2CCc3cc(OC)c(OC)cc3C2)CCCCC1. The van der Waals surface area contributed by atoms with Crippen LogP contribution < -0.4 is 9.47 Å². The van der Waals surface area contributed by atoms with Crippen molar-refractivity contribution < 1.29 is 19.3 Å². The van der Waals surface area contributed by atoms with Crippen LogP contribution in [0.5, 0.6) is 11.5 Å². The first-order valence-electron chi connectivity index (χ1n) is 9.85. The van der Waals surface area contributed by atoms with E-state index in [4.69, 9.17) is 20.6 Å². The van der Waals surface area contributed by atoms with Crippen molar-refractivity contribution in [2.24, 2.45) is 0 Å². The van der Waals surface area contributed by atoms with Gasteiger partial charge >= 0.3 is 0 Å². The summed E-state index contributed by atoms with van der Waals surface area (Å²) in [6, 6.07) is 4.10. The molecule has 1 aliphatic carbocycles. The summed E-state index contributed by atoms with van der Waals surface area (Å²) >= 11 is 0. The fraction of sp³-hybridized carbons (Fsp3) is 0.636. The molecule has 2 aliphatic rings. The summed E-state index contributed by atoms with van der Waals surface area (Å²) in [5.41, 5.74) is 2.03. The normalized spacial score (nSPS) is 20.4. The Morgan fingerprint density at radius 2 is 1.81 bits per heavy atom.